The fourth-order valence-electron chi connectivity index (χ4n) is 4.30. The van der Waals surface area contributed by atoms with E-state index in [-0.39, 0.29) is 0 Å². The summed E-state index contributed by atoms with van der Waals surface area (Å²) >= 11 is 0. The quantitative estimate of drug-likeness (QED) is 0.753. The third kappa shape index (κ3) is 7.73. The number of benzene rings is 2. The van der Waals surface area contributed by atoms with Crippen molar-refractivity contribution in [1.29, 1.82) is 0 Å². The van der Waals surface area contributed by atoms with Gasteiger partial charge in [0.05, 0.1) is 11.6 Å². The van der Waals surface area contributed by atoms with Gasteiger partial charge in [0, 0.05) is 44.8 Å². The molecule has 0 spiro atoms. The Bertz CT molecular complexity index is 685. The van der Waals surface area contributed by atoms with Crippen LogP contribution in [-0.4, -0.2) is 65.3 Å². The standard InChI is InChI=1S/C21H27N3.C4H10O.C2H6/c1-21(24-14-12-22-13-15-24)16-23(17-21)20(18-8-4-2-5-9-18)19-10-6-3-7-11-19;1-4(2,3)5;1-2/h2-11,20,22H,12-17H2,1H3;5H,1-3H3;1-2H3. The number of hydrogen-bond acceptors (Lipinski definition) is 4. The average molecular weight is 426 g/mol. The average Bonchev–Trinajstić information content (AvgIpc) is 2.75. The van der Waals surface area contributed by atoms with Gasteiger partial charge in [-0.25, -0.2) is 0 Å². The molecule has 2 aliphatic rings. The number of piperazine rings is 1. The third-order valence-electron chi connectivity index (χ3n) is 5.56. The van der Waals surface area contributed by atoms with E-state index in [0.29, 0.717) is 11.6 Å². The summed E-state index contributed by atoms with van der Waals surface area (Å²) in [7, 11) is 0. The lowest BCUT2D eigenvalue weighted by Crippen LogP contribution is -2.71. The summed E-state index contributed by atoms with van der Waals surface area (Å²) in [6.07, 6.45) is 0. The minimum absolute atomic E-state index is 0.323. The lowest BCUT2D eigenvalue weighted by Gasteiger charge is -2.57. The van der Waals surface area contributed by atoms with Crippen LogP contribution in [0.15, 0.2) is 60.7 Å². The molecule has 2 aromatic carbocycles. The van der Waals surface area contributed by atoms with E-state index in [9.17, 15) is 0 Å². The van der Waals surface area contributed by atoms with Crippen LogP contribution in [0.1, 0.15) is 58.7 Å². The van der Waals surface area contributed by atoms with Crippen molar-refractivity contribution in [2.75, 3.05) is 39.3 Å². The Morgan fingerprint density at radius 2 is 1.23 bits per heavy atom. The first kappa shape index (κ1) is 25.5. The van der Waals surface area contributed by atoms with Crippen LogP contribution >= 0.6 is 0 Å². The number of aliphatic hydroxyl groups is 1. The molecule has 0 radical (unpaired) electrons. The molecule has 0 unspecified atom stereocenters. The van der Waals surface area contributed by atoms with Crippen LogP contribution in [0.5, 0.6) is 0 Å². The van der Waals surface area contributed by atoms with Crippen molar-refractivity contribution in [2.45, 2.75) is 58.7 Å². The molecule has 0 atom stereocenters. The molecule has 2 heterocycles. The van der Waals surface area contributed by atoms with Crippen molar-refractivity contribution in [3.05, 3.63) is 71.8 Å². The number of rotatable bonds is 4. The zero-order valence-electron chi connectivity index (χ0n) is 20.4. The second-order valence-corrected chi connectivity index (χ2v) is 9.53. The zero-order chi connectivity index (χ0) is 22.9. The monoisotopic (exact) mass is 425 g/mol. The van der Waals surface area contributed by atoms with Crippen molar-refractivity contribution < 1.29 is 5.11 Å². The SMILES string of the molecule is CC.CC(C)(C)O.CC1(N2CCNCC2)CN(C(c2ccccc2)c2ccccc2)C1. The highest BCUT2D eigenvalue weighted by atomic mass is 16.3. The van der Waals surface area contributed by atoms with Gasteiger partial charge in [-0.1, -0.05) is 74.5 Å². The van der Waals surface area contributed by atoms with E-state index in [1.54, 1.807) is 20.8 Å². The normalized spacial score (nSPS) is 18.8. The smallest absolute Gasteiger partial charge is 0.0603 e. The van der Waals surface area contributed by atoms with Gasteiger partial charge >= 0.3 is 0 Å². The molecule has 0 bridgehead atoms. The van der Waals surface area contributed by atoms with Crippen LogP contribution in [0.3, 0.4) is 0 Å². The minimum atomic E-state index is -0.500. The molecule has 2 aromatic rings. The molecule has 4 heteroatoms. The van der Waals surface area contributed by atoms with Gasteiger partial charge in [0.2, 0.25) is 0 Å². The van der Waals surface area contributed by atoms with Crippen molar-refractivity contribution in [3.8, 4) is 0 Å². The fourth-order valence-corrected chi connectivity index (χ4v) is 4.30. The van der Waals surface area contributed by atoms with Crippen LogP contribution in [0.25, 0.3) is 0 Å². The largest absolute Gasteiger partial charge is 0.391 e. The first-order chi connectivity index (χ1) is 14.8. The number of nitrogens with zero attached hydrogens (tertiary/aromatic N) is 2. The maximum absolute atomic E-state index is 8.52. The van der Waals surface area contributed by atoms with E-state index < -0.39 is 5.60 Å². The number of hydrogen-bond donors (Lipinski definition) is 2. The molecule has 0 aliphatic carbocycles. The van der Waals surface area contributed by atoms with Gasteiger partial charge in [-0.05, 0) is 38.8 Å². The summed E-state index contributed by atoms with van der Waals surface area (Å²) in [5.41, 5.74) is 2.61. The van der Waals surface area contributed by atoms with Crippen LogP contribution in [-0.2, 0) is 0 Å². The summed E-state index contributed by atoms with van der Waals surface area (Å²) in [5.74, 6) is 0. The summed E-state index contributed by atoms with van der Waals surface area (Å²) in [4.78, 5) is 5.31. The molecule has 172 valence electrons. The van der Waals surface area contributed by atoms with Crippen molar-refractivity contribution >= 4 is 0 Å². The summed E-state index contributed by atoms with van der Waals surface area (Å²) in [6.45, 7) is 18.5. The van der Waals surface area contributed by atoms with Crippen LogP contribution in [0.2, 0.25) is 0 Å². The Morgan fingerprint density at radius 1 is 0.839 bits per heavy atom. The Kier molecular flexibility index (Phi) is 9.70. The maximum Gasteiger partial charge on any atom is 0.0603 e. The molecule has 4 nitrogen and oxygen atoms in total. The van der Waals surface area contributed by atoms with Gasteiger partial charge in [0.15, 0.2) is 0 Å². The minimum Gasteiger partial charge on any atom is -0.391 e. The molecule has 2 N–H and O–H groups in total. The van der Waals surface area contributed by atoms with Crippen molar-refractivity contribution in [1.82, 2.24) is 15.1 Å². The van der Waals surface area contributed by atoms with Gasteiger partial charge in [-0.2, -0.15) is 0 Å². The third-order valence-corrected chi connectivity index (χ3v) is 5.56. The lowest BCUT2D eigenvalue weighted by atomic mass is 9.84. The van der Waals surface area contributed by atoms with Crippen LogP contribution in [0.4, 0.5) is 0 Å². The summed E-state index contributed by atoms with van der Waals surface area (Å²) in [6, 6.07) is 22.2. The molecule has 31 heavy (non-hydrogen) atoms. The Labute approximate surface area is 190 Å². The van der Waals surface area contributed by atoms with Gasteiger partial charge in [-0.15, -0.1) is 0 Å². The Balaban J connectivity index is 0.000000432. The second-order valence-electron chi connectivity index (χ2n) is 9.53. The first-order valence-corrected chi connectivity index (χ1v) is 11.8. The van der Waals surface area contributed by atoms with Crippen molar-refractivity contribution in [2.24, 2.45) is 0 Å². The second kappa shape index (κ2) is 11.8. The summed E-state index contributed by atoms with van der Waals surface area (Å²) in [5, 5.41) is 12.0. The molecular formula is C27H43N3O. The van der Waals surface area contributed by atoms with E-state index >= 15 is 0 Å². The van der Waals surface area contributed by atoms with E-state index in [1.165, 1.54) is 24.2 Å². The van der Waals surface area contributed by atoms with E-state index in [4.69, 9.17) is 5.11 Å². The molecule has 0 aromatic heterocycles. The Hall–Kier alpha value is -1.72. The lowest BCUT2D eigenvalue weighted by molar-refractivity contribution is -0.0620. The molecule has 4 rings (SSSR count). The highest BCUT2D eigenvalue weighted by Gasteiger charge is 2.46. The molecule has 0 amide bonds. The predicted octanol–water partition coefficient (Wildman–Crippen LogP) is 4.56. The molecule has 2 aliphatic heterocycles. The molecular weight excluding hydrogens is 382 g/mol. The van der Waals surface area contributed by atoms with Gasteiger partial charge in [0.25, 0.3) is 0 Å². The highest BCUT2D eigenvalue weighted by molar-refractivity contribution is 5.33. The summed E-state index contributed by atoms with van der Waals surface area (Å²) < 4.78 is 0. The topological polar surface area (TPSA) is 38.7 Å². The van der Waals surface area contributed by atoms with Gasteiger partial charge < -0.3 is 10.4 Å². The van der Waals surface area contributed by atoms with Crippen molar-refractivity contribution in [3.63, 3.8) is 0 Å². The van der Waals surface area contributed by atoms with Crippen LogP contribution < -0.4 is 5.32 Å². The zero-order valence-corrected chi connectivity index (χ0v) is 20.4. The van der Waals surface area contributed by atoms with E-state index in [2.05, 4.69) is 82.7 Å². The predicted molar refractivity (Wildman–Crippen MR) is 132 cm³/mol. The Morgan fingerprint density at radius 3 is 1.61 bits per heavy atom. The first-order valence-electron chi connectivity index (χ1n) is 11.8. The van der Waals surface area contributed by atoms with Gasteiger partial charge in [-0.3, -0.25) is 9.80 Å². The van der Waals surface area contributed by atoms with E-state index in [0.717, 1.165) is 26.2 Å². The number of likely N-dealkylation sites (tertiary alicyclic amines) is 1. The van der Waals surface area contributed by atoms with Crippen LogP contribution in [0, 0.1) is 0 Å². The fraction of sp³-hybridized carbons (Fsp3) is 0.556. The molecule has 0 saturated carbocycles. The number of nitrogens with one attached hydrogen (secondary N) is 1. The van der Waals surface area contributed by atoms with E-state index in [1.807, 2.05) is 13.8 Å². The molecule has 2 fully saturated rings. The van der Waals surface area contributed by atoms with Gasteiger partial charge in [0.1, 0.15) is 0 Å². The molecule has 2 saturated heterocycles. The maximum atomic E-state index is 8.52. The highest BCUT2D eigenvalue weighted by Crippen LogP contribution is 2.38.